The molecule has 124 valence electrons. The number of guanidine groups is 1. The third-order valence-electron chi connectivity index (χ3n) is 3.39. The van der Waals surface area contributed by atoms with Crippen LogP contribution < -0.4 is 5.32 Å². The van der Waals surface area contributed by atoms with Crippen LogP contribution in [-0.2, 0) is 6.42 Å². The maximum atomic E-state index is 5.34. The fourth-order valence-corrected chi connectivity index (χ4v) is 2.94. The summed E-state index contributed by atoms with van der Waals surface area (Å²) in [6.07, 6.45) is 6.17. The van der Waals surface area contributed by atoms with Crippen LogP contribution >= 0.6 is 11.3 Å². The number of likely N-dealkylation sites (N-methyl/N-ethyl adjacent to an activating group) is 1. The van der Waals surface area contributed by atoms with Crippen LogP contribution in [0.15, 0.2) is 52.0 Å². The molecule has 1 atom stereocenters. The van der Waals surface area contributed by atoms with Crippen molar-refractivity contribution in [3.8, 4) is 0 Å². The molecule has 2 heterocycles. The van der Waals surface area contributed by atoms with E-state index in [0.717, 1.165) is 29.7 Å². The summed E-state index contributed by atoms with van der Waals surface area (Å²) >= 11 is 1.69. The van der Waals surface area contributed by atoms with E-state index in [0.29, 0.717) is 19.0 Å². The minimum Gasteiger partial charge on any atom is -0.469 e. The molecule has 0 aliphatic rings. The molecule has 6 heteroatoms. The highest BCUT2D eigenvalue weighted by atomic mass is 32.1. The van der Waals surface area contributed by atoms with Gasteiger partial charge in [0.15, 0.2) is 5.96 Å². The molecule has 0 aromatic carbocycles. The lowest BCUT2D eigenvalue weighted by molar-refractivity contribution is 0.446. The molecular formula is C17H24N4OS. The predicted molar refractivity (Wildman–Crippen MR) is 96.1 cm³/mol. The zero-order valence-electron chi connectivity index (χ0n) is 13.7. The number of hydrogen-bond acceptors (Lipinski definition) is 4. The van der Waals surface area contributed by atoms with E-state index in [4.69, 9.17) is 4.42 Å². The maximum Gasteiger partial charge on any atom is 0.193 e. The Kier molecular flexibility index (Phi) is 6.87. The topological polar surface area (TPSA) is 53.7 Å². The number of hydrogen-bond donors (Lipinski definition) is 1. The van der Waals surface area contributed by atoms with Crippen molar-refractivity contribution in [2.45, 2.75) is 19.3 Å². The van der Waals surface area contributed by atoms with Crippen molar-refractivity contribution >= 4 is 17.3 Å². The van der Waals surface area contributed by atoms with Crippen molar-refractivity contribution < 1.29 is 4.42 Å². The van der Waals surface area contributed by atoms with Gasteiger partial charge in [0.25, 0.3) is 0 Å². The number of aliphatic imine (C=N–C) groups is 1. The van der Waals surface area contributed by atoms with Gasteiger partial charge in [-0.15, -0.1) is 17.9 Å². The summed E-state index contributed by atoms with van der Waals surface area (Å²) in [5.41, 5.74) is 0. The van der Waals surface area contributed by atoms with E-state index >= 15 is 0 Å². The number of nitrogens with zero attached hydrogens (tertiary/aromatic N) is 3. The van der Waals surface area contributed by atoms with Crippen LogP contribution in [0.2, 0.25) is 0 Å². The van der Waals surface area contributed by atoms with Crippen molar-refractivity contribution in [1.29, 1.82) is 0 Å². The van der Waals surface area contributed by atoms with Crippen molar-refractivity contribution in [2.24, 2.45) is 4.99 Å². The number of thiazole rings is 1. The summed E-state index contributed by atoms with van der Waals surface area (Å²) < 4.78 is 5.34. The molecule has 23 heavy (non-hydrogen) atoms. The smallest absolute Gasteiger partial charge is 0.193 e. The molecule has 0 amide bonds. The van der Waals surface area contributed by atoms with E-state index < -0.39 is 0 Å². The monoisotopic (exact) mass is 332 g/mol. The minimum atomic E-state index is 0.362. The normalized spacial score (nSPS) is 12.9. The highest BCUT2D eigenvalue weighted by molar-refractivity contribution is 7.09. The fraction of sp³-hybridized carbons (Fsp3) is 0.412. The van der Waals surface area contributed by atoms with Gasteiger partial charge in [-0.05, 0) is 12.1 Å². The first kappa shape index (κ1) is 17.3. The maximum absolute atomic E-state index is 5.34. The molecule has 0 aliphatic heterocycles. The molecule has 0 bridgehead atoms. The SMILES string of the molecule is C=CCNC(=NCCc1ccco1)N(C)CC(C)c1nccs1. The Morgan fingerprint density at radius 2 is 2.48 bits per heavy atom. The van der Waals surface area contributed by atoms with Gasteiger partial charge in [0.2, 0.25) is 0 Å². The summed E-state index contributed by atoms with van der Waals surface area (Å²) in [6, 6.07) is 3.87. The Morgan fingerprint density at radius 3 is 3.13 bits per heavy atom. The quantitative estimate of drug-likeness (QED) is 0.458. The van der Waals surface area contributed by atoms with Crippen LogP contribution in [0.5, 0.6) is 0 Å². The summed E-state index contributed by atoms with van der Waals surface area (Å²) in [5, 5.41) is 6.47. The molecule has 0 saturated carbocycles. The lowest BCUT2D eigenvalue weighted by Crippen LogP contribution is -2.41. The lowest BCUT2D eigenvalue weighted by atomic mass is 10.2. The summed E-state index contributed by atoms with van der Waals surface area (Å²) in [5.74, 6) is 2.19. The minimum absolute atomic E-state index is 0.362. The van der Waals surface area contributed by atoms with Crippen LogP contribution in [0.25, 0.3) is 0 Å². The molecule has 1 unspecified atom stereocenters. The molecule has 2 rings (SSSR count). The molecule has 2 aromatic rings. The van der Waals surface area contributed by atoms with Crippen molar-refractivity contribution in [1.82, 2.24) is 15.2 Å². The van der Waals surface area contributed by atoms with Crippen molar-refractivity contribution in [2.75, 3.05) is 26.7 Å². The molecule has 2 aromatic heterocycles. The van der Waals surface area contributed by atoms with E-state index in [1.165, 1.54) is 0 Å². The van der Waals surface area contributed by atoms with Gasteiger partial charge in [0.05, 0.1) is 11.3 Å². The van der Waals surface area contributed by atoms with Crippen LogP contribution in [0, 0.1) is 0 Å². The number of aromatic nitrogens is 1. The zero-order chi connectivity index (χ0) is 16.5. The van der Waals surface area contributed by atoms with Gasteiger partial charge in [0, 0.05) is 50.6 Å². The average molecular weight is 332 g/mol. The largest absolute Gasteiger partial charge is 0.469 e. The Morgan fingerprint density at radius 1 is 1.61 bits per heavy atom. The molecule has 0 saturated heterocycles. The van der Waals surface area contributed by atoms with E-state index in [9.17, 15) is 0 Å². The predicted octanol–water partition coefficient (Wildman–Crippen LogP) is 3.15. The number of furan rings is 1. The summed E-state index contributed by atoms with van der Waals surface area (Å²) in [6.45, 7) is 8.17. The number of nitrogens with one attached hydrogen (secondary N) is 1. The highest BCUT2D eigenvalue weighted by Gasteiger charge is 2.14. The van der Waals surface area contributed by atoms with Gasteiger partial charge < -0.3 is 14.6 Å². The highest BCUT2D eigenvalue weighted by Crippen LogP contribution is 2.18. The molecule has 0 radical (unpaired) electrons. The van der Waals surface area contributed by atoms with Crippen LogP contribution in [0.3, 0.4) is 0 Å². The van der Waals surface area contributed by atoms with Gasteiger partial charge in [-0.2, -0.15) is 0 Å². The molecule has 0 fully saturated rings. The van der Waals surface area contributed by atoms with Gasteiger partial charge in [-0.1, -0.05) is 13.0 Å². The van der Waals surface area contributed by atoms with Crippen molar-refractivity contribution in [3.05, 3.63) is 53.4 Å². The Balaban J connectivity index is 1.93. The summed E-state index contributed by atoms with van der Waals surface area (Å²) in [4.78, 5) is 11.2. The number of rotatable bonds is 8. The second kappa shape index (κ2) is 9.15. The second-order valence-electron chi connectivity index (χ2n) is 5.36. The zero-order valence-corrected chi connectivity index (χ0v) is 14.6. The Bertz CT molecular complexity index is 592. The van der Waals surface area contributed by atoms with Gasteiger partial charge >= 0.3 is 0 Å². The van der Waals surface area contributed by atoms with Crippen LogP contribution in [-0.4, -0.2) is 42.5 Å². The first-order valence-electron chi connectivity index (χ1n) is 7.72. The molecular weight excluding hydrogens is 308 g/mol. The van der Waals surface area contributed by atoms with Crippen molar-refractivity contribution in [3.63, 3.8) is 0 Å². The Labute approximate surface area is 141 Å². The van der Waals surface area contributed by atoms with E-state index in [2.05, 4.69) is 33.7 Å². The second-order valence-corrected chi connectivity index (χ2v) is 6.28. The third kappa shape index (κ3) is 5.56. The third-order valence-corrected chi connectivity index (χ3v) is 4.39. The lowest BCUT2D eigenvalue weighted by Gasteiger charge is -2.24. The first-order chi connectivity index (χ1) is 11.2. The van der Waals surface area contributed by atoms with E-state index in [-0.39, 0.29) is 0 Å². The Hall–Kier alpha value is -2.08. The summed E-state index contributed by atoms with van der Waals surface area (Å²) in [7, 11) is 2.05. The standard InChI is InChI=1S/C17H24N4OS/c1-4-8-19-17(20-9-7-15-6-5-11-22-15)21(3)13-14(2)16-18-10-12-23-16/h4-6,10-12,14H,1,7-9,13H2,2-3H3,(H,19,20). The molecule has 0 spiro atoms. The molecule has 0 aliphatic carbocycles. The molecule has 1 N–H and O–H groups in total. The average Bonchev–Trinajstić information content (AvgIpc) is 3.23. The van der Waals surface area contributed by atoms with Gasteiger partial charge in [0.1, 0.15) is 5.76 Å². The molecule has 5 nitrogen and oxygen atoms in total. The van der Waals surface area contributed by atoms with Crippen LogP contribution in [0.4, 0.5) is 0 Å². The van der Waals surface area contributed by atoms with E-state index in [1.54, 1.807) is 17.6 Å². The van der Waals surface area contributed by atoms with Gasteiger partial charge in [-0.3, -0.25) is 4.99 Å². The van der Waals surface area contributed by atoms with Crippen LogP contribution in [0.1, 0.15) is 23.6 Å². The first-order valence-corrected chi connectivity index (χ1v) is 8.60. The fourth-order valence-electron chi connectivity index (χ4n) is 2.26. The van der Waals surface area contributed by atoms with Gasteiger partial charge in [-0.25, -0.2) is 4.98 Å². The van der Waals surface area contributed by atoms with E-state index in [1.807, 2.05) is 36.8 Å².